The molecular weight excluding hydrogens is 192 g/mol. The summed E-state index contributed by atoms with van der Waals surface area (Å²) in [7, 11) is 0. The van der Waals surface area contributed by atoms with E-state index in [0.29, 0.717) is 11.6 Å². The maximum atomic E-state index is 11.3. The summed E-state index contributed by atoms with van der Waals surface area (Å²) in [6, 6.07) is 7.26. The molecule has 0 aromatic heterocycles. The van der Waals surface area contributed by atoms with E-state index in [1.165, 1.54) is 0 Å². The Bertz CT molecular complexity index is 475. The van der Waals surface area contributed by atoms with Gasteiger partial charge < -0.3 is 10.5 Å². The van der Waals surface area contributed by atoms with Crippen molar-refractivity contribution in [3.05, 3.63) is 35.5 Å². The number of hydrogen-bond donors (Lipinski definition) is 1. The predicted octanol–water partition coefficient (Wildman–Crippen LogP) is 1.58. The molecule has 1 aromatic carbocycles. The fourth-order valence-electron chi connectivity index (χ4n) is 1.31. The lowest BCUT2D eigenvalue weighted by Crippen LogP contribution is -2.00. The number of nitrogens with zero attached hydrogens (tertiary/aromatic N) is 1. The first-order valence-corrected chi connectivity index (χ1v) is 4.50. The molecule has 1 aliphatic heterocycles. The van der Waals surface area contributed by atoms with Crippen LogP contribution < -0.4 is 5.73 Å². The number of para-hydroxylation sites is 1. The second kappa shape index (κ2) is 3.57. The van der Waals surface area contributed by atoms with Crippen LogP contribution in [0.2, 0.25) is 0 Å². The van der Waals surface area contributed by atoms with E-state index in [1.807, 2.05) is 18.2 Å². The Kier molecular flexibility index (Phi) is 2.25. The van der Waals surface area contributed by atoms with Gasteiger partial charge in [-0.25, -0.2) is 9.79 Å². The molecule has 4 heteroatoms. The van der Waals surface area contributed by atoms with Gasteiger partial charge in [0, 0.05) is 12.6 Å². The number of hydrogen-bond acceptors (Lipinski definition) is 4. The number of esters is 1. The van der Waals surface area contributed by atoms with Crippen LogP contribution in [0.1, 0.15) is 12.5 Å². The van der Waals surface area contributed by atoms with Crippen molar-refractivity contribution in [2.75, 3.05) is 5.73 Å². The first kappa shape index (κ1) is 9.45. The number of anilines is 1. The zero-order valence-electron chi connectivity index (χ0n) is 8.23. The Morgan fingerprint density at radius 1 is 1.40 bits per heavy atom. The lowest BCUT2D eigenvalue weighted by molar-refractivity contribution is -0.130. The van der Waals surface area contributed by atoms with Crippen LogP contribution in [-0.4, -0.2) is 11.9 Å². The first-order chi connectivity index (χ1) is 7.16. The Morgan fingerprint density at radius 2 is 2.13 bits per heavy atom. The van der Waals surface area contributed by atoms with Gasteiger partial charge in [0.25, 0.3) is 0 Å². The van der Waals surface area contributed by atoms with Gasteiger partial charge in [0.05, 0.1) is 0 Å². The normalized spacial score (nSPS) is 17.8. The molecule has 0 saturated carbocycles. The van der Waals surface area contributed by atoms with Gasteiger partial charge in [0.15, 0.2) is 11.6 Å². The third-order valence-electron chi connectivity index (χ3n) is 2.02. The van der Waals surface area contributed by atoms with Crippen LogP contribution >= 0.6 is 0 Å². The summed E-state index contributed by atoms with van der Waals surface area (Å²) in [5.41, 5.74) is 7.39. The van der Waals surface area contributed by atoms with E-state index in [1.54, 1.807) is 19.1 Å². The highest BCUT2D eigenvalue weighted by atomic mass is 16.6. The van der Waals surface area contributed by atoms with Crippen molar-refractivity contribution < 1.29 is 9.53 Å². The van der Waals surface area contributed by atoms with E-state index >= 15 is 0 Å². The molecule has 0 saturated heterocycles. The SMILES string of the molecule is CC1=N/C(=C\c2ccccc2N)C(=O)O1. The molecule has 1 heterocycles. The smallest absolute Gasteiger partial charge is 0.363 e. The molecule has 1 aromatic rings. The Hall–Kier alpha value is -2.10. The van der Waals surface area contributed by atoms with E-state index in [9.17, 15) is 4.79 Å². The summed E-state index contributed by atoms with van der Waals surface area (Å²) in [5, 5.41) is 0. The molecule has 0 aliphatic carbocycles. The number of cyclic esters (lactones) is 1. The number of carbonyl (C=O) groups excluding carboxylic acids is 1. The van der Waals surface area contributed by atoms with E-state index in [4.69, 9.17) is 10.5 Å². The fraction of sp³-hybridized carbons (Fsp3) is 0.0909. The van der Waals surface area contributed by atoms with Crippen LogP contribution in [0.25, 0.3) is 6.08 Å². The van der Waals surface area contributed by atoms with Crippen molar-refractivity contribution in [3.8, 4) is 0 Å². The second-order valence-electron chi connectivity index (χ2n) is 3.18. The summed E-state index contributed by atoms with van der Waals surface area (Å²) in [6.07, 6.45) is 1.62. The zero-order valence-corrected chi connectivity index (χ0v) is 8.23. The van der Waals surface area contributed by atoms with Gasteiger partial charge in [-0.15, -0.1) is 0 Å². The summed E-state index contributed by atoms with van der Waals surface area (Å²) in [4.78, 5) is 15.2. The predicted molar refractivity (Wildman–Crippen MR) is 58.0 cm³/mol. The molecular formula is C11H10N2O2. The molecule has 15 heavy (non-hydrogen) atoms. The van der Waals surface area contributed by atoms with Crippen molar-refractivity contribution in [3.63, 3.8) is 0 Å². The topological polar surface area (TPSA) is 64.7 Å². The minimum atomic E-state index is -0.434. The maximum absolute atomic E-state index is 11.3. The standard InChI is InChI=1S/C11H10N2O2/c1-7-13-10(11(14)15-7)6-8-4-2-3-5-9(8)12/h2-6H,12H2,1H3/b10-6-. The van der Waals surface area contributed by atoms with E-state index in [0.717, 1.165) is 5.56 Å². The number of carbonyl (C=O) groups is 1. The van der Waals surface area contributed by atoms with Crippen molar-refractivity contribution in [2.45, 2.75) is 6.92 Å². The fourth-order valence-corrected chi connectivity index (χ4v) is 1.31. The van der Waals surface area contributed by atoms with Crippen LogP contribution in [-0.2, 0) is 9.53 Å². The van der Waals surface area contributed by atoms with Gasteiger partial charge in [-0.05, 0) is 17.7 Å². The third kappa shape index (κ3) is 1.88. The van der Waals surface area contributed by atoms with Gasteiger partial charge in [-0.1, -0.05) is 18.2 Å². The van der Waals surface area contributed by atoms with Gasteiger partial charge in [0.2, 0.25) is 0 Å². The molecule has 2 N–H and O–H groups in total. The first-order valence-electron chi connectivity index (χ1n) is 4.50. The number of nitrogens with two attached hydrogens (primary N) is 1. The van der Waals surface area contributed by atoms with Crippen LogP contribution in [0.4, 0.5) is 5.69 Å². The zero-order chi connectivity index (χ0) is 10.8. The number of benzene rings is 1. The molecule has 0 atom stereocenters. The molecule has 1 aliphatic rings. The molecule has 0 radical (unpaired) electrons. The average Bonchev–Trinajstić information content (AvgIpc) is 2.49. The van der Waals surface area contributed by atoms with Crippen LogP contribution in [0.5, 0.6) is 0 Å². The number of rotatable bonds is 1. The van der Waals surface area contributed by atoms with E-state index in [-0.39, 0.29) is 5.70 Å². The van der Waals surface area contributed by atoms with Crippen molar-refractivity contribution >= 4 is 23.6 Å². The Morgan fingerprint density at radius 3 is 2.73 bits per heavy atom. The molecule has 0 unspecified atom stereocenters. The van der Waals surface area contributed by atoms with Crippen LogP contribution in [0.15, 0.2) is 35.0 Å². The maximum Gasteiger partial charge on any atom is 0.363 e. The van der Waals surface area contributed by atoms with Gasteiger partial charge >= 0.3 is 5.97 Å². The lowest BCUT2D eigenvalue weighted by atomic mass is 10.1. The number of aliphatic imine (C=N–C) groups is 1. The quantitative estimate of drug-likeness (QED) is 0.427. The van der Waals surface area contributed by atoms with Gasteiger partial charge in [0.1, 0.15) is 0 Å². The summed E-state index contributed by atoms with van der Waals surface area (Å²) in [5.74, 6) is -0.0727. The highest BCUT2D eigenvalue weighted by Crippen LogP contribution is 2.18. The van der Waals surface area contributed by atoms with Crippen LogP contribution in [0.3, 0.4) is 0 Å². The highest BCUT2D eigenvalue weighted by molar-refractivity contribution is 6.06. The second-order valence-corrected chi connectivity index (χ2v) is 3.18. The third-order valence-corrected chi connectivity index (χ3v) is 2.02. The molecule has 4 nitrogen and oxygen atoms in total. The Balaban J connectivity index is 2.39. The molecule has 0 bridgehead atoms. The van der Waals surface area contributed by atoms with Crippen LogP contribution in [0, 0.1) is 0 Å². The molecule has 2 rings (SSSR count). The largest absolute Gasteiger partial charge is 0.407 e. The molecule has 0 amide bonds. The Labute approximate surface area is 87.1 Å². The minimum Gasteiger partial charge on any atom is -0.407 e. The number of ether oxygens (including phenoxy) is 1. The monoisotopic (exact) mass is 202 g/mol. The molecule has 0 fully saturated rings. The highest BCUT2D eigenvalue weighted by Gasteiger charge is 2.19. The number of nitrogen functional groups attached to an aromatic ring is 1. The van der Waals surface area contributed by atoms with Gasteiger partial charge in [-0.3, -0.25) is 0 Å². The van der Waals surface area contributed by atoms with Crippen molar-refractivity contribution in [2.24, 2.45) is 4.99 Å². The molecule has 76 valence electrons. The van der Waals surface area contributed by atoms with E-state index < -0.39 is 5.97 Å². The van der Waals surface area contributed by atoms with Crippen molar-refractivity contribution in [1.82, 2.24) is 0 Å². The average molecular weight is 202 g/mol. The molecule has 0 spiro atoms. The van der Waals surface area contributed by atoms with Crippen molar-refractivity contribution in [1.29, 1.82) is 0 Å². The van der Waals surface area contributed by atoms with Gasteiger partial charge in [-0.2, -0.15) is 0 Å². The minimum absolute atomic E-state index is 0.283. The summed E-state index contributed by atoms with van der Waals surface area (Å²) < 4.78 is 4.79. The van der Waals surface area contributed by atoms with E-state index in [2.05, 4.69) is 4.99 Å². The summed E-state index contributed by atoms with van der Waals surface area (Å²) >= 11 is 0. The summed E-state index contributed by atoms with van der Waals surface area (Å²) in [6.45, 7) is 1.63. The lowest BCUT2D eigenvalue weighted by Gasteiger charge is -1.98.